The molecule has 2 aromatic carbocycles. The highest BCUT2D eigenvalue weighted by molar-refractivity contribution is 7.99. The Bertz CT molecular complexity index is 861. The summed E-state index contributed by atoms with van der Waals surface area (Å²) in [5, 5.41) is 3.43. The number of rotatable bonds is 7. The van der Waals surface area contributed by atoms with E-state index in [-0.39, 0.29) is 0 Å². The largest absolute Gasteiger partial charge is 0.376 e. The molecule has 154 valence electrons. The summed E-state index contributed by atoms with van der Waals surface area (Å²) in [5.41, 5.74) is 3.74. The van der Waals surface area contributed by atoms with E-state index in [0.29, 0.717) is 6.17 Å². The zero-order chi connectivity index (χ0) is 20.2. The lowest BCUT2D eigenvalue weighted by Crippen LogP contribution is -2.45. The van der Waals surface area contributed by atoms with Crippen LogP contribution in [0.25, 0.3) is 0 Å². The van der Waals surface area contributed by atoms with E-state index in [1.165, 1.54) is 53.5 Å². The van der Waals surface area contributed by atoms with Crippen molar-refractivity contribution in [2.45, 2.75) is 61.9 Å². The Morgan fingerprint density at radius 2 is 1.83 bits per heavy atom. The molecule has 3 nitrogen and oxygen atoms in total. The van der Waals surface area contributed by atoms with Crippen LogP contribution >= 0.6 is 24.0 Å². The molecule has 0 aliphatic carbocycles. The van der Waals surface area contributed by atoms with Crippen LogP contribution in [0, 0.1) is 0 Å². The number of thiocarbonyl (C=S) groups is 1. The molecular formula is C24H31N3S2. The van der Waals surface area contributed by atoms with E-state index in [4.69, 9.17) is 12.2 Å². The molecule has 29 heavy (non-hydrogen) atoms. The summed E-state index contributed by atoms with van der Waals surface area (Å²) < 4.78 is 0. The third kappa shape index (κ3) is 4.32. The van der Waals surface area contributed by atoms with E-state index in [2.05, 4.69) is 71.4 Å². The molecule has 4 rings (SSSR count). The zero-order valence-electron chi connectivity index (χ0n) is 17.5. The third-order valence-corrected chi connectivity index (χ3v) is 7.38. The van der Waals surface area contributed by atoms with Gasteiger partial charge in [0.05, 0.1) is 17.5 Å². The van der Waals surface area contributed by atoms with Gasteiger partial charge in [-0.2, -0.15) is 0 Å². The fourth-order valence-electron chi connectivity index (χ4n) is 4.37. The van der Waals surface area contributed by atoms with Crippen molar-refractivity contribution in [3.05, 3.63) is 48.0 Å². The number of nitrogens with one attached hydrogen (secondary N) is 1. The maximum Gasteiger partial charge on any atom is 0.106 e. The smallest absolute Gasteiger partial charge is 0.106 e. The fraction of sp³-hybridized carbons (Fsp3) is 0.458. The van der Waals surface area contributed by atoms with Gasteiger partial charge >= 0.3 is 0 Å². The van der Waals surface area contributed by atoms with Crippen molar-refractivity contribution in [3.63, 3.8) is 0 Å². The SMILES string of the molecule is CCCCNC(=S)c1ccc2c(c1)N(C(CC)N1CCCC1)c1ccccc1S2. The van der Waals surface area contributed by atoms with E-state index >= 15 is 0 Å². The first-order valence-electron chi connectivity index (χ1n) is 10.9. The highest BCUT2D eigenvalue weighted by Gasteiger charge is 2.33. The van der Waals surface area contributed by atoms with E-state index in [1.807, 2.05) is 11.8 Å². The lowest BCUT2D eigenvalue weighted by molar-refractivity contribution is 0.239. The molecule has 2 aliphatic rings. The molecule has 2 aromatic rings. The highest BCUT2D eigenvalue weighted by atomic mass is 32.2. The molecule has 0 amide bonds. The van der Waals surface area contributed by atoms with Crippen LogP contribution in [0.3, 0.4) is 0 Å². The van der Waals surface area contributed by atoms with Gasteiger partial charge in [0, 0.05) is 35.0 Å². The van der Waals surface area contributed by atoms with Gasteiger partial charge in [0.1, 0.15) is 4.99 Å². The number of fused-ring (bicyclic) bond motifs is 2. The first-order valence-corrected chi connectivity index (χ1v) is 12.2. The number of benzene rings is 2. The molecule has 0 radical (unpaired) electrons. The van der Waals surface area contributed by atoms with Gasteiger partial charge in [-0.15, -0.1) is 0 Å². The normalized spacial score (nSPS) is 17.0. The van der Waals surface area contributed by atoms with Crippen molar-refractivity contribution in [1.29, 1.82) is 0 Å². The van der Waals surface area contributed by atoms with E-state index in [9.17, 15) is 0 Å². The molecule has 1 N–H and O–H groups in total. The van der Waals surface area contributed by atoms with Crippen LogP contribution in [0.1, 0.15) is 51.5 Å². The zero-order valence-corrected chi connectivity index (χ0v) is 19.1. The molecule has 0 aromatic heterocycles. The monoisotopic (exact) mass is 425 g/mol. The summed E-state index contributed by atoms with van der Waals surface area (Å²) >= 11 is 7.58. The Morgan fingerprint density at radius 3 is 2.59 bits per heavy atom. The molecule has 1 saturated heterocycles. The second-order valence-corrected chi connectivity index (χ2v) is 9.36. The van der Waals surface area contributed by atoms with Crippen molar-refractivity contribution in [1.82, 2.24) is 10.2 Å². The van der Waals surface area contributed by atoms with Crippen molar-refractivity contribution in [3.8, 4) is 0 Å². The molecule has 1 unspecified atom stereocenters. The second-order valence-electron chi connectivity index (χ2n) is 7.86. The fourth-order valence-corrected chi connectivity index (χ4v) is 5.65. The van der Waals surface area contributed by atoms with Crippen molar-refractivity contribution < 1.29 is 0 Å². The Balaban J connectivity index is 1.72. The summed E-state index contributed by atoms with van der Waals surface area (Å²) in [6.45, 7) is 7.85. The van der Waals surface area contributed by atoms with Gasteiger partial charge in [0.25, 0.3) is 0 Å². The van der Waals surface area contributed by atoms with Gasteiger partial charge in [0.2, 0.25) is 0 Å². The number of anilines is 2. The van der Waals surface area contributed by atoms with E-state index in [1.54, 1.807) is 0 Å². The number of para-hydroxylation sites is 1. The summed E-state index contributed by atoms with van der Waals surface area (Å²) in [4.78, 5) is 8.75. The number of unbranched alkanes of at least 4 members (excludes halogenated alkanes) is 1. The lowest BCUT2D eigenvalue weighted by atomic mass is 10.1. The molecule has 0 spiro atoms. The average molecular weight is 426 g/mol. The van der Waals surface area contributed by atoms with Crippen LogP contribution in [-0.4, -0.2) is 35.7 Å². The molecule has 5 heteroatoms. The minimum Gasteiger partial charge on any atom is -0.376 e. The van der Waals surface area contributed by atoms with Crippen LogP contribution in [-0.2, 0) is 0 Å². The van der Waals surface area contributed by atoms with Crippen molar-refractivity contribution >= 4 is 40.3 Å². The quantitative estimate of drug-likeness (QED) is 0.420. The molecule has 2 heterocycles. The van der Waals surface area contributed by atoms with Gasteiger partial charge in [-0.05, 0) is 49.9 Å². The average Bonchev–Trinajstić information content (AvgIpc) is 3.28. The predicted octanol–water partition coefficient (Wildman–Crippen LogP) is 6.19. The standard InChI is InChI=1S/C24H31N3S2/c1-3-5-14-25-24(28)18-12-13-22-20(17-18)27(19-10-6-7-11-21(19)29-22)23(4-2)26-15-8-9-16-26/h6-7,10-13,17,23H,3-5,8-9,14-16H2,1-2H3,(H,25,28). The number of nitrogens with zero attached hydrogens (tertiary/aromatic N) is 2. The summed E-state index contributed by atoms with van der Waals surface area (Å²) in [7, 11) is 0. The maximum absolute atomic E-state index is 5.71. The molecule has 1 fully saturated rings. The van der Waals surface area contributed by atoms with Gasteiger partial charge in [-0.3, -0.25) is 4.90 Å². The Labute approximate surface area is 184 Å². The molecule has 2 aliphatic heterocycles. The minimum absolute atomic E-state index is 0.384. The van der Waals surface area contributed by atoms with E-state index < -0.39 is 0 Å². The Hall–Kier alpha value is -1.56. The van der Waals surface area contributed by atoms with Crippen molar-refractivity contribution in [2.75, 3.05) is 24.5 Å². The predicted molar refractivity (Wildman–Crippen MR) is 129 cm³/mol. The second kappa shape index (κ2) is 9.50. The summed E-state index contributed by atoms with van der Waals surface area (Å²) in [5.74, 6) is 0. The highest BCUT2D eigenvalue weighted by Crippen LogP contribution is 2.50. The van der Waals surface area contributed by atoms with Crippen LogP contribution in [0.15, 0.2) is 52.3 Å². The number of hydrogen-bond acceptors (Lipinski definition) is 4. The Kier molecular flexibility index (Phi) is 6.78. The third-order valence-electron chi connectivity index (χ3n) is 5.87. The number of hydrogen-bond donors (Lipinski definition) is 1. The lowest BCUT2D eigenvalue weighted by Gasteiger charge is -2.42. The molecule has 0 bridgehead atoms. The summed E-state index contributed by atoms with van der Waals surface area (Å²) in [6.07, 6.45) is 6.41. The van der Waals surface area contributed by atoms with Gasteiger partial charge in [-0.25, -0.2) is 0 Å². The summed E-state index contributed by atoms with van der Waals surface area (Å²) in [6, 6.07) is 15.6. The van der Waals surface area contributed by atoms with Gasteiger partial charge in [-0.1, -0.05) is 62.4 Å². The Morgan fingerprint density at radius 1 is 1.07 bits per heavy atom. The van der Waals surface area contributed by atoms with Gasteiger partial charge < -0.3 is 10.2 Å². The first-order chi connectivity index (χ1) is 14.2. The number of likely N-dealkylation sites (tertiary alicyclic amines) is 1. The minimum atomic E-state index is 0.384. The topological polar surface area (TPSA) is 18.5 Å². The van der Waals surface area contributed by atoms with Crippen LogP contribution < -0.4 is 10.2 Å². The van der Waals surface area contributed by atoms with Gasteiger partial charge in [0.15, 0.2) is 0 Å². The first kappa shape index (κ1) is 20.7. The van der Waals surface area contributed by atoms with Crippen molar-refractivity contribution in [2.24, 2.45) is 0 Å². The van der Waals surface area contributed by atoms with Crippen LogP contribution in [0.5, 0.6) is 0 Å². The molecule has 1 atom stereocenters. The molecular weight excluding hydrogens is 394 g/mol. The van der Waals surface area contributed by atoms with Crippen LogP contribution in [0.2, 0.25) is 0 Å². The maximum atomic E-state index is 5.71. The molecule has 0 saturated carbocycles. The van der Waals surface area contributed by atoms with Crippen LogP contribution in [0.4, 0.5) is 11.4 Å². The van der Waals surface area contributed by atoms with E-state index in [0.717, 1.165) is 29.9 Å².